The number of anilines is 1. The first-order valence-electron chi connectivity index (χ1n) is 8.48. The Labute approximate surface area is 155 Å². The van der Waals surface area contributed by atoms with Crippen molar-refractivity contribution in [3.8, 4) is 5.75 Å². The van der Waals surface area contributed by atoms with Gasteiger partial charge in [-0.1, -0.05) is 30.3 Å². The van der Waals surface area contributed by atoms with Crippen LogP contribution in [0.3, 0.4) is 0 Å². The van der Waals surface area contributed by atoms with Gasteiger partial charge in [-0.3, -0.25) is 4.79 Å². The van der Waals surface area contributed by atoms with Crippen molar-refractivity contribution in [1.82, 2.24) is 14.8 Å². The Morgan fingerprint density at radius 2 is 1.93 bits per heavy atom. The normalized spacial score (nSPS) is 11.9. The molecule has 2 N–H and O–H groups in total. The van der Waals surface area contributed by atoms with Crippen LogP contribution in [0.5, 0.6) is 5.75 Å². The van der Waals surface area contributed by atoms with Crippen LogP contribution in [-0.2, 0) is 0 Å². The number of aromatic nitrogens is 3. The molecule has 0 bridgehead atoms. The number of nitrogens with zero attached hydrogens (tertiary/aromatic N) is 3. The summed E-state index contributed by atoms with van der Waals surface area (Å²) in [5.74, 6) is 0.700. The zero-order valence-electron chi connectivity index (χ0n) is 15.0. The van der Waals surface area contributed by atoms with Gasteiger partial charge < -0.3 is 10.5 Å². The third-order valence-corrected chi connectivity index (χ3v) is 4.40. The van der Waals surface area contributed by atoms with E-state index in [0.29, 0.717) is 27.9 Å². The summed E-state index contributed by atoms with van der Waals surface area (Å²) >= 11 is 0. The van der Waals surface area contributed by atoms with Gasteiger partial charge in [0.2, 0.25) is 0 Å². The highest BCUT2D eigenvalue weighted by Gasteiger charge is 2.18. The van der Waals surface area contributed by atoms with Gasteiger partial charge in [0.05, 0.1) is 18.0 Å². The molecule has 4 rings (SSSR count). The quantitative estimate of drug-likeness (QED) is 0.561. The Balaban J connectivity index is 1.84. The summed E-state index contributed by atoms with van der Waals surface area (Å²) in [5.41, 5.74) is 8.67. The topological polar surface area (TPSA) is 83.0 Å². The Morgan fingerprint density at radius 1 is 1.15 bits per heavy atom. The maximum absolute atomic E-state index is 12.9. The van der Waals surface area contributed by atoms with Crippen LogP contribution >= 0.6 is 0 Å². The minimum absolute atomic E-state index is 0.268. The van der Waals surface area contributed by atoms with Gasteiger partial charge in [-0.05, 0) is 36.8 Å². The summed E-state index contributed by atoms with van der Waals surface area (Å²) in [4.78, 5) is 17.6. The minimum Gasteiger partial charge on any atom is -0.497 e. The van der Waals surface area contributed by atoms with Gasteiger partial charge in [0, 0.05) is 17.0 Å². The molecule has 134 valence electrons. The van der Waals surface area contributed by atoms with Gasteiger partial charge >= 0.3 is 0 Å². The number of fused-ring (bicyclic) bond motifs is 2. The predicted octanol–water partition coefficient (Wildman–Crippen LogP) is 3.92. The van der Waals surface area contributed by atoms with Crippen LogP contribution in [0, 0.1) is 0 Å². The highest BCUT2D eigenvalue weighted by atomic mass is 16.5. The lowest BCUT2D eigenvalue weighted by molar-refractivity contribution is 0.0946. The first kappa shape index (κ1) is 16.8. The number of carbonyl (C=O) groups is 1. The molecule has 0 fully saturated rings. The number of nitrogens with two attached hydrogens (primary N) is 1. The molecule has 0 amide bonds. The molecule has 2 aromatic heterocycles. The summed E-state index contributed by atoms with van der Waals surface area (Å²) < 4.78 is 6.52. The molecule has 4 aromatic rings. The Kier molecular flexibility index (Phi) is 4.08. The van der Waals surface area contributed by atoms with Gasteiger partial charge in [0.25, 0.3) is 5.91 Å². The van der Waals surface area contributed by atoms with Crippen molar-refractivity contribution in [3.05, 3.63) is 65.7 Å². The van der Waals surface area contributed by atoms with Crippen LogP contribution < -0.4 is 10.5 Å². The number of nitrogen functional groups attached to an aromatic ring is 1. The van der Waals surface area contributed by atoms with Gasteiger partial charge in [0.1, 0.15) is 5.75 Å². The number of ether oxygens (including phenoxy) is 1. The molecule has 6 heteroatoms. The van der Waals surface area contributed by atoms with E-state index in [0.717, 1.165) is 10.9 Å². The molecule has 0 saturated carbocycles. The summed E-state index contributed by atoms with van der Waals surface area (Å²) in [7, 11) is 1.60. The Bertz CT molecular complexity index is 1190. The summed E-state index contributed by atoms with van der Waals surface area (Å²) in [6, 6.07) is 17.1. The predicted molar refractivity (Wildman–Crippen MR) is 107 cm³/mol. The van der Waals surface area contributed by atoms with Crippen LogP contribution in [-0.4, -0.2) is 27.8 Å². The number of carbonyl (C=O) groups excluding carboxylic acids is 1. The molecule has 6 nitrogen and oxygen atoms in total. The molecule has 0 spiro atoms. The van der Waals surface area contributed by atoms with Gasteiger partial charge in [-0.25, -0.2) is 4.98 Å². The largest absolute Gasteiger partial charge is 0.497 e. The monoisotopic (exact) mass is 358 g/mol. The second-order valence-corrected chi connectivity index (χ2v) is 6.26. The Morgan fingerprint density at radius 3 is 2.67 bits per heavy atom. The molecular weight excluding hydrogens is 340 g/mol. The number of pyridine rings is 1. The molecule has 27 heavy (non-hydrogen) atoms. The van der Waals surface area contributed by atoms with E-state index in [-0.39, 0.29) is 11.7 Å². The lowest BCUT2D eigenvalue weighted by Crippen LogP contribution is -2.14. The van der Waals surface area contributed by atoms with Crippen molar-refractivity contribution in [3.63, 3.8) is 0 Å². The number of hydrogen-bond donors (Lipinski definition) is 1. The van der Waals surface area contributed by atoms with Gasteiger partial charge in [-0.2, -0.15) is 4.68 Å². The fourth-order valence-electron chi connectivity index (χ4n) is 2.99. The molecule has 2 heterocycles. The number of allylic oxidation sites excluding steroid dienone is 1. The fraction of sp³-hybridized carbons (Fsp3) is 0.0952. The highest BCUT2D eigenvalue weighted by molar-refractivity contribution is 6.06. The van der Waals surface area contributed by atoms with E-state index in [9.17, 15) is 4.79 Å². The standard InChI is InChI=1S/C21H18N4O2/c1-13(10-14-6-4-3-5-7-14)21(26)25-20-17(19(22)24-25)11-15-8-9-16(27-2)12-18(15)23-20/h3-12H,1-2H3,(H2,22,24)/b13-10-. The number of methoxy groups -OCH3 is 1. The van der Waals surface area contributed by atoms with Crippen molar-refractivity contribution in [1.29, 1.82) is 0 Å². The number of hydrogen-bond acceptors (Lipinski definition) is 5. The number of benzene rings is 2. The van der Waals surface area contributed by atoms with Crippen LogP contribution in [0.4, 0.5) is 5.82 Å². The second-order valence-electron chi connectivity index (χ2n) is 6.26. The van der Waals surface area contributed by atoms with E-state index in [1.165, 1.54) is 4.68 Å². The van der Waals surface area contributed by atoms with E-state index in [4.69, 9.17) is 10.5 Å². The lowest BCUT2D eigenvalue weighted by Gasteiger charge is -2.05. The van der Waals surface area contributed by atoms with E-state index in [1.807, 2.05) is 60.7 Å². The minimum atomic E-state index is -0.268. The van der Waals surface area contributed by atoms with Crippen LogP contribution in [0.2, 0.25) is 0 Å². The van der Waals surface area contributed by atoms with Crippen molar-refractivity contribution >= 4 is 39.7 Å². The van der Waals surface area contributed by atoms with E-state index < -0.39 is 0 Å². The number of rotatable bonds is 3. The summed E-state index contributed by atoms with van der Waals surface area (Å²) in [6.45, 7) is 1.75. The Hall–Kier alpha value is -3.67. The third-order valence-electron chi connectivity index (χ3n) is 4.40. The van der Waals surface area contributed by atoms with Crippen molar-refractivity contribution < 1.29 is 9.53 Å². The fourth-order valence-corrected chi connectivity index (χ4v) is 2.99. The van der Waals surface area contributed by atoms with Gasteiger partial charge in [-0.15, -0.1) is 5.10 Å². The van der Waals surface area contributed by atoms with Crippen molar-refractivity contribution in [2.24, 2.45) is 0 Å². The molecule has 0 aliphatic rings. The molecule has 0 aliphatic carbocycles. The van der Waals surface area contributed by atoms with Crippen LogP contribution in [0.15, 0.2) is 60.2 Å². The van der Waals surface area contributed by atoms with Crippen LogP contribution in [0.1, 0.15) is 17.3 Å². The smallest absolute Gasteiger partial charge is 0.275 e. The summed E-state index contributed by atoms with van der Waals surface area (Å²) in [6.07, 6.45) is 1.82. The SMILES string of the molecule is COc1ccc2cc3c(N)nn(C(=O)/C(C)=C\c4ccccc4)c3nc2c1. The molecular formula is C21H18N4O2. The van der Waals surface area contributed by atoms with E-state index in [1.54, 1.807) is 14.0 Å². The molecule has 0 aliphatic heterocycles. The average molecular weight is 358 g/mol. The first-order chi connectivity index (χ1) is 13.1. The average Bonchev–Trinajstić information content (AvgIpc) is 3.01. The van der Waals surface area contributed by atoms with Gasteiger partial charge in [0.15, 0.2) is 11.5 Å². The highest BCUT2D eigenvalue weighted by Crippen LogP contribution is 2.27. The zero-order valence-corrected chi connectivity index (χ0v) is 15.0. The second kappa shape index (κ2) is 6.57. The molecule has 0 radical (unpaired) electrons. The zero-order chi connectivity index (χ0) is 19.0. The molecule has 2 aromatic carbocycles. The van der Waals surface area contributed by atoms with E-state index >= 15 is 0 Å². The van der Waals surface area contributed by atoms with Crippen molar-refractivity contribution in [2.75, 3.05) is 12.8 Å². The maximum atomic E-state index is 12.9. The molecule has 0 atom stereocenters. The van der Waals surface area contributed by atoms with Crippen molar-refractivity contribution in [2.45, 2.75) is 6.92 Å². The molecule has 0 unspecified atom stereocenters. The third kappa shape index (κ3) is 3.01. The first-order valence-corrected chi connectivity index (χ1v) is 8.48. The van der Waals surface area contributed by atoms with Crippen LogP contribution in [0.25, 0.3) is 28.0 Å². The molecule has 0 saturated heterocycles. The maximum Gasteiger partial charge on any atom is 0.275 e. The lowest BCUT2D eigenvalue weighted by atomic mass is 10.1. The summed E-state index contributed by atoms with van der Waals surface area (Å²) in [5, 5.41) is 5.78. The van der Waals surface area contributed by atoms with E-state index in [2.05, 4.69) is 10.1 Å².